The Hall–Kier alpha value is -2.00. The highest BCUT2D eigenvalue weighted by molar-refractivity contribution is 7.11. The molecule has 2 aromatic rings. The zero-order chi connectivity index (χ0) is 13.2. The summed E-state index contributed by atoms with van der Waals surface area (Å²) < 4.78 is 0. The molecule has 19 heavy (non-hydrogen) atoms. The average Bonchev–Trinajstić information content (AvgIpc) is 2.81. The van der Waals surface area contributed by atoms with Gasteiger partial charge in [-0.2, -0.15) is 5.26 Å². The molecule has 0 saturated heterocycles. The number of nitrogens with one attached hydrogen (secondary N) is 1. The van der Waals surface area contributed by atoms with Crippen LogP contribution in [0.1, 0.15) is 40.2 Å². The zero-order valence-corrected chi connectivity index (χ0v) is 11.4. The van der Waals surface area contributed by atoms with Gasteiger partial charge in [0.1, 0.15) is 6.07 Å². The number of hydrogen-bond acceptors (Lipinski definition) is 6. The van der Waals surface area contributed by atoms with Crippen LogP contribution in [0, 0.1) is 18.3 Å². The maximum absolute atomic E-state index is 9.04. The highest BCUT2D eigenvalue weighted by atomic mass is 32.1. The number of nitrogens with zero attached hydrogens (tertiary/aromatic N) is 4. The Balaban J connectivity index is 1.91. The van der Waals surface area contributed by atoms with E-state index < -0.39 is 0 Å². The molecule has 96 valence electrons. The molecular formula is C13H13N5S. The SMILES string of the molecule is Cc1nc2c(s1)CCC[C@@H]2Nc1nccnc1C#N. The van der Waals surface area contributed by atoms with Crippen LogP contribution in [-0.4, -0.2) is 15.0 Å². The summed E-state index contributed by atoms with van der Waals surface area (Å²) in [7, 11) is 0. The predicted octanol–water partition coefficient (Wildman–Crippen LogP) is 2.60. The molecule has 6 heteroatoms. The molecule has 2 heterocycles. The minimum Gasteiger partial charge on any atom is -0.359 e. The highest BCUT2D eigenvalue weighted by Gasteiger charge is 2.25. The lowest BCUT2D eigenvalue weighted by Gasteiger charge is -2.22. The van der Waals surface area contributed by atoms with Crippen molar-refractivity contribution in [3.05, 3.63) is 33.7 Å². The first-order valence-corrected chi connectivity index (χ1v) is 7.03. The molecule has 1 aliphatic rings. The van der Waals surface area contributed by atoms with Crippen LogP contribution in [0.5, 0.6) is 0 Å². The second-order valence-corrected chi connectivity index (χ2v) is 5.78. The summed E-state index contributed by atoms with van der Waals surface area (Å²) in [5.74, 6) is 0.550. The predicted molar refractivity (Wildman–Crippen MR) is 72.9 cm³/mol. The standard InChI is InChI=1S/C13H13N5S/c1-8-17-12-9(3-2-4-11(12)19-8)18-13-10(7-14)15-5-6-16-13/h5-6,9H,2-4H2,1H3,(H,16,18)/t9-/m0/s1. The van der Waals surface area contributed by atoms with Gasteiger partial charge in [-0.05, 0) is 26.2 Å². The van der Waals surface area contributed by atoms with Gasteiger partial charge in [0.25, 0.3) is 0 Å². The van der Waals surface area contributed by atoms with Gasteiger partial charge in [-0.25, -0.2) is 15.0 Å². The molecule has 2 aromatic heterocycles. The number of hydrogen-bond donors (Lipinski definition) is 1. The quantitative estimate of drug-likeness (QED) is 0.908. The van der Waals surface area contributed by atoms with Crippen molar-refractivity contribution in [2.75, 3.05) is 5.32 Å². The first kappa shape index (κ1) is 12.1. The molecule has 0 aliphatic heterocycles. The molecule has 0 amide bonds. The van der Waals surface area contributed by atoms with Crippen LogP contribution in [0.2, 0.25) is 0 Å². The molecule has 0 spiro atoms. The number of thiazole rings is 1. The van der Waals surface area contributed by atoms with Crippen LogP contribution < -0.4 is 5.32 Å². The lowest BCUT2D eigenvalue weighted by Crippen LogP contribution is -2.18. The molecular weight excluding hydrogens is 258 g/mol. The molecule has 5 nitrogen and oxygen atoms in total. The van der Waals surface area contributed by atoms with Crippen LogP contribution in [0.3, 0.4) is 0 Å². The first-order chi connectivity index (χ1) is 9.28. The largest absolute Gasteiger partial charge is 0.359 e. The van der Waals surface area contributed by atoms with E-state index in [0.717, 1.165) is 30.0 Å². The molecule has 1 aliphatic carbocycles. The third-order valence-corrected chi connectivity index (χ3v) is 4.22. The maximum atomic E-state index is 9.04. The molecule has 0 saturated carbocycles. The fourth-order valence-corrected chi connectivity index (χ4v) is 3.41. The van der Waals surface area contributed by atoms with Crippen LogP contribution in [0.15, 0.2) is 12.4 Å². The minimum atomic E-state index is 0.137. The molecule has 0 unspecified atom stereocenters. The van der Waals surface area contributed by atoms with Crippen molar-refractivity contribution in [1.29, 1.82) is 5.26 Å². The Morgan fingerprint density at radius 1 is 1.42 bits per heavy atom. The van der Waals surface area contributed by atoms with Crippen molar-refractivity contribution in [3.63, 3.8) is 0 Å². The molecule has 1 N–H and O–H groups in total. The van der Waals surface area contributed by atoms with Crippen molar-refractivity contribution < 1.29 is 0 Å². The van der Waals surface area contributed by atoms with Gasteiger partial charge < -0.3 is 5.32 Å². The monoisotopic (exact) mass is 271 g/mol. The van der Waals surface area contributed by atoms with Crippen molar-refractivity contribution in [1.82, 2.24) is 15.0 Å². The molecule has 0 radical (unpaired) electrons. The van der Waals surface area contributed by atoms with Gasteiger partial charge in [0.2, 0.25) is 0 Å². The van der Waals surface area contributed by atoms with E-state index >= 15 is 0 Å². The third-order valence-electron chi connectivity index (χ3n) is 3.18. The lowest BCUT2D eigenvalue weighted by molar-refractivity contribution is 0.591. The molecule has 0 fully saturated rings. The van der Waals surface area contributed by atoms with Gasteiger partial charge in [-0.15, -0.1) is 11.3 Å². The van der Waals surface area contributed by atoms with E-state index in [4.69, 9.17) is 5.26 Å². The summed E-state index contributed by atoms with van der Waals surface area (Å²) >= 11 is 1.76. The van der Waals surface area contributed by atoms with E-state index in [1.54, 1.807) is 17.5 Å². The summed E-state index contributed by atoms with van der Waals surface area (Å²) in [6, 6.07) is 2.20. The highest BCUT2D eigenvalue weighted by Crippen LogP contribution is 2.35. The zero-order valence-electron chi connectivity index (χ0n) is 10.6. The lowest BCUT2D eigenvalue weighted by atomic mass is 9.97. The number of nitriles is 1. The topological polar surface area (TPSA) is 74.5 Å². The van der Waals surface area contributed by atoms with Gasteiger partial charge in [0, 0.05) is 17.3 Å². The smallest absolute Gasteiger partial charge is 0.182 e. The van der Waals surface area contributed by atoms with Crippen LogP contribution in [-0.2, 0) is 6.42 Å². The number of rotatable bonds is 2. The molecule has 3 rings (SSSR count). The van der Waals surface area contributed by atoms with Crippen molar-refractivity contribution in [3.8, 4) is 6.07 Å². The Morgan fingerprint density at radius 3 is 3.11 bits per heavy atom. The van der Waals surface area contributed by atoms with E-state index in [1.165, 1.54) is 11.1 Å². The fourth-order valence-electron chi connectivity index (χ4n) is 2.37. The summed E-state index contributed by atoms with van der Waals surface area (Å²) in [5, 5.41) is 13.5. The first-order valence-electron chi connectivity index (χ1n) is 6.22. The van der Waals surface area contributed by atoms with Crippen LogP contribution >= 0.6 is 11.3 Å². The number of anilines is 1. The van der Waals surface area contributed by atoms with Gasteiger partial charge in [0.15, 0.2) is 11.5 Å². The summed E-state index contributed by atoms with van der Waals surface area (Å²) in [4.78, 5) is 14.2. The Labute approximate surface area is 115 Å². The number of aryl methyl sites for hydroxylation is 2. The van der Waals surface area contributed by atoms with Crippen molar-refractivity contribution >= 4 is 17.2 Å². The van der Waals surface area contributed by atoms with Gasteiger partial charge in [0.05, 0.1) is 16.7 Å². The van der Waals surface area contributed by atoms with E-state index in [9.17, 15) is 0 Å². The minimum absolute atomic E-state index is 0.137. The molecule has 1 atom stereocenters. The van der Waals surface area contributed by atoms with E-state index in [2.05, 4.69) is 26.3 Å². The van der Waals surface area contributed by atoms with Gasteiger partial charge in [-0.3, -0.25) is 0 Å². The van der Waals surface area contributed by atoms with Gasteiger partial charge in [-0.1, -0.05) is 0 Å². The normalized spacial score (nSPS) is 17.6. The molecule has 0 aromatic carbocycles. The Kier molecular flexibility index (Phi) is 3.13. The Morgan fingerprint density at radius 2 is 2.26 bits per heavy atom. The summed E-state index contributed by atoms with van der Waals surface area (Å²) in [6.07, 6.45) is 6.37. The fraction of sp³-hybridized carbons (Fsp3) is 0.385. The average molecular weight is 271 g/mol. The summed E-state index contributed by atoms with van der Waals surface area (Å²) in [5.41, 5.74) is 1.45. The Bertz CT molecular complexity index is 643. The van der Waals surface area contributed by atoms with Gasteiger partial charge >= 0.3 is 0 Å². The van der Waals surface area contributed by atoms with Crippen LogP contribution in [0.25, 0.3) is 0 Å². The second-order valence-electron chi connectivity index (χ2n) is 4.50. The third kappa shape index (κ3) is 2.29. The molecule has 0 bridgehead atoms. The number of fused-ring (bicyclic) bond motifs is 1. The maximum Gasteiger partial charge on any atom is 0.182 e. The summed E-state index contributed by atoms with van der Waals surface area (Å²) in [6.45, 7) is 2.03. The second kappa shape index (κ2) is 4.94. The van der Waals surface area contributed by atoms with Crippen molar-refractivity contribution in [2.24, 2.45) is 0 Å². The van der Waals surface area contributed by atoms with E-state index in [-0.39, 0.29) is 6.04 Å². The number of aromatic nitrogens is 3. The van der Waals surface area contributed by atoms with E-state index in [0.29, 0.717) is 11.5 Å². The van der Waals surface area contributed by atoms with Crippen molar-refractivity contribution in [2.45, 2.75) is 32.2 Å². The van der Waals surface area contributed by atoms with E-state index in [1.807, 2.05) is 6.92 Å². The van der Waals surface area contributed by atoms with Crippen LogP contribution in [0.4, 0.5) is 5.82 Å².